The zero-order valence-electron chi connectivity index (χ0n) is 8.77. The summed E-state index contributed by atoms with van der Waals surface area (Å²) in [5.41, 5.74) is 0.933. The summed E-state index contributed by atoms with van der Waals surface area (Å²) >= 11 is 5.49. The van der Waals surface area contributed by atoms with Crippen LogP contribution in [-0.4, -0.2) is 26.1 Å². The van der Waals surface area contributed by atoms with Gasteiger partial charge in [0.25, 0.3) is 0 Å². The molecular weight excluding hydrogens is 286 g/mol. The highest BCUT2D eigenvalue weighted by Crippen LogP contribution is 2.29. The van der Waals surface area contributed by atoms with E-state index in [2.05, 4.69) is 26.0 Å². The van der Waals surface area contributed by atoms with E-state index in [4.69, 9.17) is 0 Å². The number of hydrogen-bond acceptors (Lipinski definition) is 3. The van der Waals surface area contributed by atoms with Gasteiger partial charge in [0.1, 0.15) is 0 Å². The van der Waals surface area contributed by atoms with E-state index in [1.807, 2.05) is 34.6 Å². The van der Waals surface area contributed by atoms with Gasteiger partial charge in [-0.3, -0.25) is 0 Å². The van der Waals surface area contributed by atoms with E-state index in [0.717, 1.165) is 15.9 Å². The second kappa shape index (κ2) is 4.37. The normalized spacial score (nSPS) is 18.1. The minimum atomic E-state index is 0.555. The van der Waals surface area contributed by atoms with Crippen LogP contribution in [-0.2, 0) is 0 Å². The molecule has 0 amide bonds. The Hall–Kier alpha value is -0.550. The van der Waals surface area contributed by atoms with Gasteiger partial charge in [0, 0.05) is 16.6 Å². The smallest absolute Gasteiger partial charge is 0.156 e. The van der Waals surface area contributed by atoms with E-state index in [1.54, 1.807) is 0 Å². The maximum Gasteiger partial charge on any atom is 0.156 e. The van der Waals surface area contributed by atoms with Gasteiger partial charge in [0.2, 0.25) is 0 Å². The summed E-state index contributed by atoms with van der Waals surface area (Å²) in [5, 5.41) is 4.55. The van der Waals surface area contributed by atoms with Crippen LogP contribution < -0.4 is 0 Å². The van der Waals surface area contributed by atoms with Gasteiger partial charge in [-0.1, -0.05) is 15.9 Å². The fraction of sp³-hybridized carbons (Fsp3) is 0.455. The lowest BCUT2D eigenvalue weighted by Crippen LogP contribution is -2.09. The van der Waals surface area contributed by atoms with E-state index in [9.17, 15) is 0 Å². The zero-order chi connectivity index (χ0) is 11.0. The largest absolute Gasteiger partial charge is 0.221 e. The number of nitrogens with zero attached hydrogens (tertiary/aromatic N) is 3. The molecule has 1 aliphatic rings. The van der Waals surface area contributed by atoms with E-state index in [-0.39, 0.29) is 0 Å². The van der Waals surface area contributed by atoms with Gasteiger partial charge in [0.05, 0.1) is 0 Å². The molecule has 5 heteroatoms. The fourth-order valence-corrected chi connectivity index (χ4v) is 3.43. The minimum Gasteiger partial charge on any atom is -0.221 e. The van der Waals surface area contributed by atoms with Gasteiger partial charge in [-0.15, -0.1) is 0 Å². The van der Waals surface area contributed by atoms with Gasteiger partial charge in [-0.05, 0) is 36.5 Å². The van der Waals surface area contributed by atoms with Crippen molar-refractivity contribution in [2.24, 2.45) is 0 Å². The summed E-state index contributed by atoms with van der Waals surface area (Å²) in [5.74, 6) is 4.05. The first-order chi connectivity index (χ1) is 7.83. The molecule has 0 saturated carbocycles. The Morgan fingerprint density at radius 1 is 1.38 bits per heavy atom. The summed E-state index contributed by atoms with van der Waals surface area (Å²) in [7, 11) is 0. The molecule has 84 valence electrons. The van der Waals surface area contributed by atoms with Crippen molar-refractivity contribution in [2.75, 3.05) is 11.5 Å². The summed E-state index contributed by atoms with van der Waals surface area (Å²) in [6.07, 6.45) is 4.37. The monoisotopic (exact) mass is 297 g/mol. The second-order valence-electron chi connectivity index (χ2n) is 4.00. The Balaban J connectivity index is 1.97. The van der Waals surface area contributed by atoms with Crippen molar-refractivity contribution in [3.05, 3.63) is 28.6 Å². The summed E-state index contributed by atoms with van der Waals surface area (Å²) in [6.45, 7) is 0. The van der Waals surface area contributed by atoms with Gasteiger partial charge >= 0.3 is 0 Å². The highest BCUT2D eigenvalue weighted by molar-refractivity contribution is 9.10. The number of halogens is 1. The van der Waals surface area contributed by atoms with E-state index in [0.29, 0.717) is 5.92 Å². The quantitative estimate of drug-likeness (QED) is 0.810. The van der Waals surface area contributed by atoms with Crippen molar-refractivity contribution in [2.45, 2.75) is 18.8 Å². The SMILES string of the molecule is Brc1ccn2nc(C3CCSCC3)nc2c1. The molecule has 3 heterocycles. The molecule has 3 rings (SSSR count). The maximum atomic E-state index is 4.61. The van der Waals surface area contributed by atoms with Crippen LogP contribution in [0.3, 0.4) is 0 Å². The first-order valence-corrected chi connectivity index (χ1v) is 7.37. The number of pyridine rings is 1. The zero-order valence-corrected chi connectivity index (χ0v) is 11.2. The molecule has 3 nitrogen and oxygen atoms in total. The average molecular weight is 298 g/mol. The highest BCUT2D eigenvalue weighted by Gasteiger charge is 2.19. The average Bonchev–Trinajstić information content (AvgIpc) is 2.73. The Labute approximate surface area is 107 Å². The second-order valence-corrected chi connectivity index (χ2v) is 6.14. The Kier molecular flexibility index (Phi) is 2.90. The Bertz CT molecular complexity index is 505. The van der Waals surface area contributed by atoms with E-state index in [1.165, 1.54) is 24.3 Å². The van der Waals surface area contributed by atoms with E-state index < -0.39 is 0 Å². The predicted molar refractivity (Wildman–Crippen MR) is 70.0 cm³/mol. The first kappa shape index (κ1) is 10.6. The number of fused-ring (bicyclic) bond motifs is 1. The predicted octanol–water partition coefficient (Wildman–Crippen LogP) is 3.10. The molecule has 0 aliphatic carbocycles. The molecule has 0 N–H and O–H groups in total. The third kappa shape index (κ3) is 1.98. The van der Waals surface area contributed by atoms with Crippen molar-refractivity contribution < 1.29 is 0 Å². The van der Waals surface area contributed by atoms with Crippen LogP contribution in [0.1, 0.15) is 24.6 Å². The van der Waals surface area contributed by atoms with Crippen molar-refractivity contribution in [3.63, 3.8) is 0 Å². The third-order valence-corrected chi connectivity index (χ3v) is 4.44. The van der Waals surface area contributed by atoms with Crippen molar-refractivity contribution >= 4 is 33.3 Å². The van der Waals surface area contributed by atoms with Gasteiger partial charge in [-0.2, -0.15) is 16.9 Å². The molecule has 0 atom stereocenters. The van der Waals surface area contributed by atoms with E-state index >= 15 is 0 Å². The van der Waals surface area contributed by atoms with Crippen LogP contribution in [0.25, 0.3) is 5.65 Å². The molecule has 0 unspecified atom stereocenters. The minimum absolute atomic E-state index is 0.555. The van der Waals surface area contributed by atoms with Gasteiger partial charge in [0.15, 0.2) is 11.5 Å². The molecule has 0 spiro atoms. The van der Waals surface area contributed by atoms with Gasteiger partial charge < -0.3 is 0 Å². The van der Waals surface area contributed by atoms with Crippen molar-refractivity contribution in [3.8, 4) is 0 Å². The Morgan fingerprint density at radius 3 is 3.00 bits per heavy atom. The van der Waals surface area contributed by atoms with Crippen molar-refractivity contribution in [1.29, 1.82) is 0 Å². The number of rotatable bonds is 1. The summed E-state index contributed by atoms with van der Waals surface area (Å²) < 4.78 is 2.92. The van der Waals surface area contributed by atoms with Crippen LogP contribution in [0.2, 0.25) is 0 Å². The molecule has 2 aromatic heterocycles. The molecule has 1 aliphatic heterocycles. The topological polar surface area (TPSA) is 30.2 Å². The fourth-order valence-electron chi connectivity index (χ4n) is 2.00. The standard InChI is InChI=1S/C11H12BrN3S/c12-9-1-4-15-10(7-9)13-11(14-15)8-2-5-16-6-3-8/h1,4,7-8H,2-3,5-6H2. The molecule has 0 bridgehead atoms. The summed E-state index contributed by atoms with van der Waals surface area (Å²) in [4.78, 5) is 4.61. The third-order valence-electron chi connectivity index (χ3n) is 2.90. The van der Waals surface area contributed by atoms with Crippen LogP contribution in [0.15, 0.2) is 22.8 Å². The lowest BCUT2D eigenvalue weighted by Gasteiger charge is -2.17. The molecule has 16 heavy (non-hydrogen) atoms. The number of aromatic nitrogens is 3. The first-order valence-electron chi connectivity index (χ1n) is 5.42. The molecular formula is C11H12BrN3S. The highest BCUT2D eigenvalue weighted by atomic mass is 79.9. The maximum absolute atomic E-state index is 4.61. The van der Waals surface area contributed by atoms with Crippen LogP contribution in [0.4, 0.5) is 0 Å². The lowest BCUT2D eigenvalue weighted by atomic mass is 10.0. The molecule has 0 radical (unpaired) electrons. The number of thioether (sulfide) groups is 1. The molecule has 1 saturated heterocycles. The lowest BCUT2D eigenvalue weighted by molar-refractivity contribution is 0.598. The van der Waals surface area contributed by atoms with Gasteiger partial charge in [-0.25, -0.2) is 9.50 Å². The van der Waals surface area contributed by atoms with Crippen LogP contribution >= 0.6 is 27.7 Å². The molecule has 2 aromatic rings. The van der Waals surface area contributed by atoms with Crippen LogP contribution in [0.5, 0.6) is 0 Å². The summed E-state index contributed by atoms with van der Waals surface area (Å²) in [6, 6.07) is 4.00. The Morgan fingerprint density at radius 2 is 2.19 bits per heavy atom. The molecule has 1 fully saturated rings. The molecule has 0 aromatic carbocycles. The van der Waals surface area contributed by atoms with Crippen LogP contribution in [0, 0.1) is 0 Å². The number of hydrogen-bond donors (Lipinski definition) is 0. The van der Waals surface area contributed by atoms with Crippen molar-refractivity contribution in [1.82, 2.24) is 14.6 Å².